The maximum Gasteiger partial charge on any atom is 0.243 e. The fourth-order valence-electron chi connectivity index (χ4n) is 1.79. The first-order chi connectivity index (χ1) is 8.69. The van der Waals surface area contributed by atoms with Crippen molar-refractivity contribution < 1.29 is 8.42 Å². The fraction of sp³-hybridized carbons (Fsp3) is 0.500. The van der Waals surface area contributed by atoms with Gasteiger partial charge in [-0.15, -0.1) is 0 Å². The summed E-state index contributed by atoms with van der Waals surface area (Å²) in [7, 11) is -3.59. The molecule has 4 nitrogen and oxygen atoms in total. The summed E-state index contributed by atoms with van der Waals surface area (Å²) in [5.41, 5.74) is 6.17. The first kappa shape index (κ1) is 16.9. The van der Waals surface area contributed by atoms with Gasteiger partial charge < -0.3 is 5.73 Å². The van der Waals surface area contributed by atoms with E-state index in [-0.39, 0.29) is 16.9 Å². The van der Waals surface area contributed by atoms with E-state index in [1.165, 1.54) is 0 Å². The Kier molecular flexibility index (Phi) is 5.85. The van der Waals surface area contributed by atoms with Crippen molar-refractivity contribution in [3.8, 4) is 0 Å². The first-order valence-corrected chi connectivity index (χ1v) is 9.02. The molecular weight excluding hydrogens is 396 g/mol. The number of hydrogen-bond donors (Lipinski definition) is 2. The molecule has 0 heterocycles. The molecule has 0 aliphatic rings. The van der Waals surface area contributed by atoms with E-state index < -0.39 is 10.0 Å². The van der Waals surface area contributed by atoms with Gasteiger partial charge in [0.2, 0.25) is 10.0 Å². The van der Waals surface area contributed by atoms with Crippen LogP contribution >= 0.6 is 31.9 Å². The molecule has 0 amide bonds. The summed E-state index contributed by atoms with van der Waals surface area (Å²) in [5, 5.41) is 0. The van der Waals surface area contributed by atoms with Crippen molar-refractivity contribution in [3.63, 3.8) is 0 Å². The van der Waals surface area contributed by atoms with E-state index in [4.69, 9.17) is 5.73 Å². The summed E-state index contributed by atoms with van der Waals surface area (Å²) in [6, 6.07) is 3.06. The minimum atomic E-state index is -3.59. The van der Waals surface area contributed by atoms with Crippen LogP contribution in [-0.2, 0) is 10.0 Å². The van der Waals surface area contributed by atoms with Crippen molar-refractivity contribution in [3.05, 3.63) is 21.1 Å². The number of benzene rings is 1. The van der Waals surface area contributed by atoms with Crippen LogP contribution in [0.1, 0.15) is 27.2 Å². The van der Waals surface area contributed by atoms with Crippen molar-refractivity contribution in [2.45, 2.75) is 38.1 Å². The van der Waals surface area contributed by atoms with Crippen LogP contribution in [0.3, 0.4) is 0 Å². The van der Waals surface area contributed by atoms with Crippen molar-refractivity contribution in [2.75, 3.05) is 5.73 Å². The second-order valence-electron chi connectivity index (χ2n) is 4.69. The summed E-state index contributed by atoms with van der Waals surface area (Å²) in [6.45, 7) is 5.94. The van der Waals surface area contributed by atoms with Crippen LogP contribution in [0.5, 0.6) is 0 Å². The van der Waals surface area contributed by atoms with Crippen LogP contribution in [-0.4, -0.2) is 14.5 Å². The summed E-state index contributed by atoms with van der Waals surface area (Å²) in [5.74, 6) is 0.228. The number of sulfonamides is 1. The molecule has 0 saturated carbocycles. The molecule has 0 saturated heterocycles. The number of hydrogen-bond acceptors (Lipinski definition) is 3. The molecule has 19 heavy (non-hydrogen) atoms. The number of anilines is 1. The molecule has 0 aliphatic heterocycles. The Balaban J connectivity index is 3.21. The molecule has 0 spiro atoms. The standard InChI is InChI=1S/C12H18Br2N2O2S/c1-4-11(7(2)3)16-19(17,18)12-9(13)5-8(15)6-10(12)14/h5-7,11,16H,4,15H2,1-3H3. The minimum absolute atomic E-state index is 0.0960. The predicted octanol–water partition coefficient (Wildman–Crippen LogP) is 3.51. The lowest BCUT2D eigenvalue weighted by molar-refractivity contribution is 0.437. The van der Waals surface area contributed by atoms with Crippen molar-refractivity contribution >= 4 is 47.6 Å². The van der Waals surface area contributed by atoms with Gasteiger partial charge in [-0.1, -0.05) is 20.8 Å². The third-order valence-corrected chi connectivity index (χ3v) is 6.21. The van der Waals surface area contributed by atoms with Gasteiger partial charge in [0, 0.05) is 20.7 Å². The first-order valence-electron chi connectivity index (χ1n) is 5.95. The van der Waals surface area contributed by atoms with E-state index in [0.717, 1.165) is 6.42 Å². The van der Waals surface area contributed by atoms with Gasteiger partial charge in [0.25, 0.3) is 0 Å². The average molecular weight is 414 g/mol. The SMILES string of the molecule is CCC(NS(=O)(=O)c1c(Br)cc(N)cc1Br)C(C)C. The largest absolute Gasteiger partial charge is 0.399 e. The molecule has 3 N–H and O–H groups in total. The molecule has 0 bridgehead atoms. The monoisotopic (exact) mass is 412 g/mol. The van der Waals surface area contributed by atoms with Crippen molar-refractivity contribution in [2.24, 2.45) is 5.92 Å². The van der Waals surface area contributed by atoms with Crippen LogP contribution < -0.4 is 10.5 Å². The Morgan fingerprint density at radius 1 is 1.26 bits per heavy atom. The molecule has 1 rings (SSSR count). The quantitative estimate of drug-likeness (QED) is 0.725. The van der Waals surface area contributed by atoms with Gasteiger partial charge in [0.05, 0.1) is 0 Å². The minimum Gasteiger partial charge on any atom is -0.399 e. The molecule has 0 fully saturated rings. The maximum atomic E-state index is 12.4. The topological polar surface area (TPSA) is 72.2 Å². The molecule has 1 aromatic rings. The van der Waals surface area contributed by atoms with Gasteiger partial charge in [0.1, 0.15) is 4.90 Å². The van der Waals surface area contributed by atoms with Crippen molar-refractivity contribution in [1.82, 2.24) is 4.72 Å². The summed E-state index contributed by atoms with van der Waals surface area (Å²) in [6.07, 6.45) is 0.737. The highest BCUT2D eigenvalue weighted by molar-refractivity contribution is 9.11. The van der Waals surface area contributed by atoms with E-state index in [1.54, 1.807) is 12.1 Å². The Bertz CT molecular complexity index is 536. The maximum absolute atomic E-state index is 12.4. The summed E-state index contributed by atoms with van der Waals surface area (Å²) >= 11 is 6.51. The third-order valence-electron chi connectivity index (χ3n) is 2.84. The van der Waals surface area contributed by atoms with Crippen LogP contribution in [0.4, 0.5) is 5.69 Å². The highest BCUT2D eigenvalue weighted by Gasteiger charge is 2.25. The Morgan fingerprint density at radius 2 is 1.74 bits per heavy atom. The number of nitrogen functional groups attached to an aromatic ring is 1. The Hall–Kier alpha value is -0.110. The third kappa shape index (κ3) is 4.18. The zero-order chi connectivity index (χ0) is 14.8. The molecule has 108 valence electrons. The van der Waals surface area contributed by atoms with Gasteiger partial charge in [-0.2, -0.15) is 0 Å². The zero-order valence-corrected chi connectivity index (χ0v) is 15.1. The number of nitrogens with one attached hydrogen (secondary N) is 1. The normalized spacial score (nSPS) is 13.8. The van der Waals surface area contributed by atoms with Gasteiger partial charge in [-0.25, -0.2) is 13.1 Å². The van der Waals surface area contributed by atoms with Gasteiger partial charge >= 0.3 is 0 Å². The lowest BCUT2D eigenvalue weighted by atomic mass is 10.0. The number of rotatable bonds is 5. The highest BCUT2D eigenvalue weighted by Crippen LogP contribution is 2.32. The second kappa shape index (κ2) is 6.56. The van der Waals surface area contributed by atoms with E-state index in [9.17, 15) is 8.42 Å². The second-order valence-corrected chi connectivity index (χ2v) is 8.05. The van der Waals surface area contributed by atoms with Gasteiger partial charge in [-0.05, 0) is 56.3 Å². The molecule has 1 unspecified atom stereocenters. The van der Waals surface area contributed by atoms with Crippen molar-refractivity contribution in [1.29, 1.82) is 0 Å². The van der Waals surface area contributed by atoms with Gasteiger partial charge in [-0.3, -0.25) is 0 Å². The molecule has 7 heteroatoms. The highest BCUT2D eigenvalue weighted by atomic mass is 79.9. The lowest BCUT2D eigenvalue weighted by Gasteiger charge is -2.21. The molecule has 0 aliphatic carbocycles. The fourth-order valence-corrected chi connectivity index (χ4v) is 5.87. The van der Waals surface area contributed by atoms with Crippen LogP contribution in [0.25, 0.3) is 0 Å². The lowest BCUT2D eigenvalue weighted by Crippen LogP contribution is -2.38. The van der Waals surface area contributed by atoms with Crippen LogP contribution in [0.15, 0.2) is 26.0 Å². The molecule has 1 aromatic carbocycles. The van der Waals surface area contributed by atoms with Gasteiger partial charge in [0.15, 0.2) is 0 Å². The molecule has 0 aromatic heterocycles. The van der Waals surface area contributed by atoms with E-state index in [0.29, 0.717) is 14.6 Å². The molecular formula is C12H18Br2N2O2S. The molecule has 1 atom stereocenters. The van der Waals surface area contributed by atoms with Crippen LogP contribution in [0, 0.1) is 5.92 Å². The predicted molar refractivity (Wildman–Crippen MR) is 85.5 cm³/mol. The molecule has 0 radical (unpaired) electrons. The van der Waals surface area contributed by atoms with E-state index >= 15 is 0 Å². The summed E-state index contributed by atoms with van der Waals surface area (Å²) < 4.78 is 28.5. The Morgan fingerprint density at radius 3 is 2.11 bits per heavy atom. The summed E-state index contributed by atoms with van der Waals surface area (Å²) in [4.78, 5) is 0.181. The van der Waals surface area contributed by atoms with E-state index in [1.807, 2.05) is 20.8 Å². The number of nitrogens with two attached hydrogens (primary N) is 1. The number of halogens is 2. The smallest absolute Gasteiger partial charge is 0.243 e. The Labute approximate surface area is 131 Å². The average Bonchev–Trinajstić information content (AvgIpc) is 2.23. The zero-order valence-electron chi connectivity index (χ0n) is 11.1. The van der Waals surface area contributed by atoms with E-state index in [2.05, 4.69) is 36.6 Å². The van der Waals surface area contributed by atoms with Crippen LogP contribution in [0.2, 0.25) is 0 Å².